The van der Waals surface area contributed by atoms with E-state index in [1.807, 2.05) is 12.1 Å². The van der Waals surface area contributed by atoms with E-state index >= 15 is 0 Å². The molecule has 0 heterocycles. The Labute approximate surface area is 121 Å². The van der Waals surface area contributed by atoms with Gasteiger partial charge < -0.3 is 10.5 Å². The molecule has 0 amide bonds. The smallest absolute Gasteiger partial charge is 0.168 e. The van der Waals surface area contributed by atoms with Gasteiger partial charge in [-0.25, -0.2) is 4.39 Å². The first-order chi connectivity index (χ1) is 9.71. The zero-order valence-corrected chi connectivity index (χ0v) is 12.6. The van der Waals surface area contributed by atoms with Crippen molar-refractivity contribution in [2.45, 2.75) is 44.9 Å². The third kappa shape index (κ3) is 3.14. The molecule has 1 saturated carbocycles. The lowest BCUT2D eigenvalue weighted by Crippen LogP contribution is -2.29. The molecule has 1 aromatic carbocycles. The van der Waals surface area contributed by atoms with Gasteiger partial charge in [0.25, 0.3) is 0 Å². The van der Waals surface area contributed by atoms with Crippen LogP contribution in [0.15, 0.2) is 18.2 Å². The van der Waals surface area contributed by atoms with Gasteiger partial charge in [0.1, 0.15) is 0 Å². The summed E-state index contributed by atoms with van der Waals surface area (Å²) in [5, 5.41) is 0. The molecular weight excluding hydrogens is 253 g/mol. The van der Waals surface area contributed by atoms with Crippen LogP contribution in [0.2, 0.25) is 0 Å². The van der Waals surface area contributed by atoms with Crippen LogP contribution in [-0.2, 0) is 0 Å². The molecule has 0 aliphatic heterocycles. The fourth-order valence-corrected chi connectivity index (χ4v) is 3.63. The largest absolute Gasteiger partial charge is 0.494 e. The van der Waals surface area contributed by atoms with Crippen molar-refractivity contribution in [3.8, 4) is 5.75 Å². The summed E-state index contributed by atoms with van der Waals surface area (Å²) in [6.07, 6.45) is 5.84. The fraction of sp³-hybridized carbons (Fsp3) is 0.647. The van der Waals surface area contributed by atoms with Crippen molar-refractivity contribution >= 4 is 0 Å². The second-order valence-corrected chi connectivity index (χ2v) is 5.93. The molecule has 2 N–H and O–H groups in total. The van der Waals surface area contributed by atoms with Crippen molar-refractivity contribution in [1.29, 1.82) is 0 Å². The Kier molecular flexibility index (Phi) is 5.41. The minimum atomic E-state index is -0.199. The molecule has 0 spiro atoms. The van der Waals surface area contributed by atoms with Crippen molar-refractivity contribution < 1.29 is 9.13 Å². The number of ether oxygens (including phenoxy) is 1. The van der Waals surface area contributed by atoms with Crippen LogP contribution < -0.4 is 10.5 Å². The Morgan fingerprint density at radius 2 is 2.15 bits per heavy atom. The highest BCUT2D eigenvalue weighted by molar-refractivity contribution is 5.34. The molecular formula is C17H26FNO. The van der Waals surface area contributed by atoms with Gasteiger partial charge in [0.05, 0.1) is 7.11 Å². The van der Waals surface area contributed by atoms with E-state index in [0.29, 0.717) is 24.1 Å². The lowest BCUT2D eigenvalue weighted by atomic mass is 9.70. The van der Waals surface area contributed by atoms with Gasteiger partial charge in [-0.2, -0.15) is 0 Å². The van der Waals surface area contributed by atoms with E-state index in [4.69, 9.17) is 10.5 Å². The summed E-state index contributed by atoms with van der Waals surface area (Å²) in [4.78, 5) is 0. The highest BCUT2D eigenvalue weighted by Crippen LogP contribution is 2.43. The maximum atomic E-state index is 14.5. The topological polar surface area (TPSA) is 35.2 Å². The maximum Gasteiger partial charge on any atom is 0.168 e. The van der Waals surface area contributed by atoms with E-state index < -0.39 is 0 Å². The molecule has 112 valence electrons. The van der Waals surface area contributed by atoms with E-state index in [9.17, 15) is 4.39 Å². The lowest BCUT2D eigenvalue weighted by Gasteiger charge is -2.36. The van der Waals surface area contributed by atoms with E-state index in [1.54, 1.807) is 6.07 Å². The summed E-state index contributed by atoms with van der Waals surface area (Å²) in [7, 11) is 1.52. The van der Waals surface area contributed by atoms with Crippen molar-refractivity contribution in [3.63, 3.8) is 0 Å². The van der Waals surface area contributed by atoms with Crippen LogP contribution in [0.3, 0.4) is 0 Å². The van der Waals surface area contributed by atoms with Gasteiger partial charge in [-0.1, -0.05) is 38.3 Å². The molecule has 0 radical (unpaired) electrons. The van der Waals surface area contributed by atoms with Gasteiger partial charge in [-0.15, -0.1) is 0 Å². The van der Waals surface area contributed by atoms with Gasteiger partial charge in [0.2, 0.25) is 0 Å². The number of rotatable bonds is 5. The Morgan fingerprint density at radius 3 is 2.80 bits per heavy atom. The van der Waals surface area contributed by atoms with Crippen LogP contribution in [0, 0.1) is 17.7 Å². The Morgan fingerprint density at radius 1 is 1.35 bits per heavy atom. The zero-order valence-electron chi connectivity index (χ0n) is 12.6. The molecule has 0 bridgehead atoms. The first kappa shape index (κ1) is 15.3. The molecule has 1 aliphatic rings. The summed E-state index contributed by atoms with van der Waals surface area (Å²) >= 11 is 0. The van der Waals surface area contributed by atoms with Crippen molar-refractivity contribution in [2.24, 2.45) is 17.6 Å². The van der Waals surface area contributed by atoms with Gasteiger partial charge >= 0.3 is 0 Å². The summed E-state index contributed by atoms with van der Waals surface area (Å²) in [5.41, 5.74) is 6.71. The molecule has 1 aromatic rings. The molecule has 3 atom stereocenters. The van der Waals surface area contributed by atoms with E-state index in [-0.39, 0.29) is 11.7 Å². The second-order valence-electron chi connectivity index (χ2n) is 5.93. The van der Waals surface area contributed by atoms with Crippen molar-refractivity contribution in [2.75, 3.05) is 13.7 Å². The highest BCUT2D eigenvalue weighted by atomic mass is 19.1. The Balaban J connectivity index is 2.26. The molecule has 20 heavy (non-hydrogen) atoms. The number of hydrogen-bond acceptors (Lipinski definition) is 2. The molecule has 0 saturated heterocycles. The third-order valence-electron chi connectivity index (χ3n) is 4.71. The number of nitrogens with two attached hydrogens (primary N) is 1. The number of halogens is 1. The average Bonchev–Trinajstić information content (AvgIpc) is 2.48. The number of benzene rings is 1. The van der Waals surface area contributed by atoms with Crippen LogP contribution in [0.4, 0.5) is 4.39 Å². The molecule has 2 rings (SSSR count). The second kappa shape index (κ2) is 7.07. The minimum Gasteiger partial charge on any atom is -0.494 e. The van der Waals surface area contributed by atoms with Crippen molar-refractivity contribution in [3.05, 3.63) is 29.6 Å². The monoisotopic (exact) mass is 279 g/mol. The average molecular weight is 279 g/mol. The fourth-order valence-electron chi connectivity index (χ4n) is 3.63. The van der Waals surface area contributed by atoms with Crippen molar-refractivity contribution in [1.82, 2.24) is 0 Å². The standard InChI is InChI=1S/C17H26FNO/c1-3-5-12-8-9-13(11-19)15(10-12)14-6-4-7-16(20-2)17(14)18/h4,6-7,12-13,15H,3,5,8-11,19H2,1-2H3. The molecule has 3 unspecified atom stereocenters. The summed E-state index contributed by atoms with van der Waals surface area (Å²) < 4.78 is 19.6. The van der Waals surface area contributed by atoms with Crippen LogP contribution >= 0.6 is 0 Å². The van der Waals surface area contributed by atoms with Crippen LogP contribution in [-0.4, -0.2) is 13.7 Å². The Bertz CT molecular complexity index is 435. The van der Waals surface area contributed by atoms with Gasteiger partial charge in [-0.3, -0.25) is 0 Å². The van der Waals surface area contributed by atoms with Crippen LogP contribution in [0.1, 0.15) is 50.5 Å². The van der Waals surface area contributed by atoms with Gasteiger partial charge in [-0.05, 0) is 48.8 Å². The SMILES string of the molecule is CCCC1CCC(CN)C(c2cccc(OC)c2F)C1. The molecule has 1 aliphatic carbocycles. The van der Waals surface area contributed by atoms with E-state index in [2.05, 4.69) is 6.92 Å². The number of methoxy groups -OCH3 is 1. The van der Waals surface area contributed by atoms with Gasteiger partial charge in [0.15, 0.2) is 11.6 Å². The predicted octanol–water partition coefficient (Wildman–Crippen LogP) is 4.09. The first-order valence-corrected chi connectivity index (χ1v) is 7.73. The third-order valence-corrected chi connectivity index (χ3v) is 4.71. The molecule has 1 fully saturated rings. The first-order valence-electron chi connectivity index (χ1n) is 7.73. The lowest BCUT2D eigenvalue weighted by molar-refractivity contribution is 0.225. The summed E-state index contributed by atoms with van der Waals surface area (Å²) in [6.45, 7) is 2.86. The molecule has 3 heteroatoms. The highest BCUT2D eigenvalue weighted by Gasteiger charge is 2.32. The zero-order chi connectivity index (χ0) is 14.5. The number of hydrogen-bond donors (Lipinski definition) is 1. The minimum absolute atomic E-state index is 0.199. The van der Waals surface area contributed by atoms with Gasteiger partial charge in [0, 0.05) is 0 Å². The Hall–Kier alpha value is -1.09. The molecule has 0 aromatic heterocycles. The maximum absolute atomic E-state index is 14.5. The molecule has 2 nitrogen and oxygen atoms in total. The van der Waals surface area contributed by atoms with Crippen LogP contribution in [0.5, 0.6) is 5.75 Å². The van der Waals surface area contributed by atoms with Crippen LogP contribution in [0.25, 0.3) is 0 Å². The van der Waals surface area contributed by atoms with E-state index in [0.717, 1.165) is 18.4 Å². The quantitative estimate of drug-likeness (QED) is 0.881. The normalized spacial score (nSPS) is 26.5. The van der Waals surface area contributed by atoms with E-state index in [1.165, 1.54) is 26.4 Å². The predicted molar refractivity (Wildman–Crippen MR) is 80.5 cm³/mol. The summed E-state index contributed by atoms with van der Waals surface area (Å²) in [5.74, 6) is 1.48. The summed E-state index contributed by atoms with van der Waals surface area (Å²) in [6, 6.07) is 5.47.